The van der Waals surface area contributed by atoms with Gasteiger partial charge < -0.3 is 10.6 Å². The van der Waals surface area contributed by atoms with E-state index in [0.717, 1.165) is 35.2 Å². The summed E-state index contributed by atoms with van der Waals surface area (Å²) in [6, 6.07) is 15.5. The van der Waals surface area contributed by atoms with E-state index < -0.39 is 0 Å². The molecule has 1 aliphatic carbocycles. The molecule has 0 atom stereocenters. The smallest absolute Gasteiger partial charge is 0.227 e. The van der Waals surface area contributed by atoms with Crippen molar-refractivity contribution in [2.45, 2.75) is 32.7 Å². The molecule has 0 aliphatic heterocycles. The largest absolute Gasteiger partial charge is 0.352 e. The monoisotopic (exact) mass is 322 g/mol. The summed E-state index contributed by atoms with van der Waals surface area (Å²) in [5.41, 5.74) is 3.93. The van der Waals surface area contributed by atoms with Gasteiger partial charge in [-0.3, -0.25) is 9.59 Å². The molecule has 0 radical (unpaired) electrons. The first-order valence-corrected chi connectivity index (χ1v) is 8.33. The number of rotatable bonds is 6. The van der Waals surface area contributed by atoms with Crippen LogP contribution in [0.15, 0.2) is 48.5 Å². The predicted octanol–water partition coefficient (Wildman–Crippen LogP) is 3.20. The van der Waals surface area contributed by atoms with E-state index in [9.17, 15) is 9.59 Å². The van der Waals surface area contributed by atoms with Crippen molar-refractivity contribution in [3.8, 4) is 0 Å². The highest BCUT2D eigenvalue weighted by Gasteiger charge is 2.29. The number of nitrogens with one attached hydrogen (secondary N) is 2. The maximum absolute atomic E-state index is 12.1. The third-order valence-electron chi connectivity index (χ3n) is 4.24. The van der Waals surface area contributed by atoms with Gasteiger partial charge in [0.25, 0.3) is 0 Å². The Hall–Kier alpha value is -2.62. The van der Waals surface area contributed by atoms with Gasteiger partial charge >= 0.3 is 0 Å². The van der Waals surface area contributed by atoms with Gasteiger partial charge in [-0.1, -0.05) is 36.4 Å². The fraction of sp³-hybridized carbons (Fsp3) is 0.300. The van der Waals surface area contributed by atoms with Crippen LogP contribution in [-0.4, -0.2) is 11.8 Å². The Labute approximate surface area is 142 Å². The molecule has 2 aromatic carbocycles. The van der Waals surface area contributed by atoms with E-state index in [1.54, 1.807) is 0 Å². The second kappa shape index (κ2) is 7.30. The summed E-state index contributed by atoms with van der Waals surface area (Å²) in [7, 11) is 0. The molecule has 0 saturated heterocycles. The summed E-state index contributed by atoms with van der Waals surface area (Å²) < 4.78 is 0. The Morgan fingerprint density at radius 2 is 1.88 bits per heavy atom. The van der Waals surface area contributed by atoms with Gasteiger partial charge in [0.05, 0.1) is 6.42 Å². The summed E-state index contributed by atoms with van der Waals surface area (Å²) in [6.45, 7) is 2.46. The van der Waals surface area contributed by atoms with Crippen molar-refractivity contribution in [1.82, 2.24) is 5.32 Å². The van der Waals surface area contributed by atoms with Gasteiger partial charge in [-0.2, -0.15) is 0 Å². The van der Waals surface area contributed by atoms with E-state index in [1.807, 2.05) is 55.5 Å². The van der Waals surface area contributed by atoms with Gasteiger partial charge in [0.15, 0.2) is 0 Å². The second-order valence-corrected chi connectivity index (χ2v) is 6.34. The molecule has 0 heterocycles. The molecular weight excluding hydrogens is 300 g/mol. The van der Waals surface area contributed by atoms with Crippen molar-refractivity contribution in [2.24, 2.45) is 5.92 Å². The van der Waals surface area contributed by atoms with Crippen LogP contribution in [-0.2, 0) is 22.6 Å². The third-order valence-corrected chi connectivity index (χ3v) is 4.24. The van der Waals surface area contributed by atoms with E-state index in [4.69, 9.17) is 0 Å². The minimum absolute atomic E-state index is 0.00304. The van der Waals surface area contributed by atoms with Gasteiger partial charge in [0.1, 0.15) is 0 Å². The lowest BCUT2D eigenvalue weighted by molar-refractivity contribution is -0.120. The van der Waals surface area contributed by atoms with Crippen molar-refractivity contribution >= 4 is 17.5 Å². The fourth-order valence-electron chi connectivity index (χ4n) is 2.59. The van der Waals surface area contributed by atoms with E-state index >= 15 is 0 Å². The quantitative estimate of drug-likeness (QED) is 0.858. The van der Waals surface area contributed by atoms with Crippen molar-refractivity contribution in [3.05, 3.63) is 65.2 Å². The Kier molecular flexibility index (Phi) is 4.94. The number of anilines is 1. The molecule has 1 aliphatic rings. The number of hydrogen-bond donors (Lipinski definition) is 2. The Morgan fingerprint density at radius 1 is 1.08 bits per heavy atom. The van der Waals surface area contributed by atoms with Crippen LogP contribution in [0.25, 0.3) is 0 Å². The van der Waals surface area contributed by atoms with Crippen molar-refractivity contribution < 1.29 is 9.59 Å². The van der Waals surface area contributed by atoms with Crippen LogP contribution in [0.4, 0.5) is 5.69 Å². The molecule has 0 unspecified atom stereocenters. The van der Waals surface area contributed by atoms with Gasteiger partial charge in [0, 0.05) is 18.2 Å². The normalized spacial score (nSPS) is 13.4. The minimum atomic E-state index is -0.00304. The molecule has 24 heavy (non-hydrogen) atoms. The number of hydrogen-bond acceptors (Lipinski definition) is 2. The third kappa shape index (κ3) is 4.44. The van der Waals surface area contributed by atoms with E-state index in [-0.39, 0.29) is 17.7 Å². The molecule has 2 amide bonds. The van der Waals surface area contributed by atoms with Gasteiger partial charge in [-0.25, -0.2) is 0 Å². The summed E-state index contributed by atoms with van der Waals surface area (Å²) in [5.74, 6) is 0.273. The molecule has 2 N–H and O–H groups in total. The molecule has 0 spiro atoms. The molecule has 124 valence electrons. The molecule has 1 fully saturated rings. The van der Waals surface area contributed by atoms with Crippen LogP contribution < -0.4 is 10.6 Å². The Balaban J connectivity index is 1.53. The summed E-state index contributed by atoms with van der Waals surface area (Å²) in [4.78, 5) is 23.9. The zero-order chi connectivity index (χ0) is 16.9. The van der Waals surface area contributed by atoms with Crippen molar-refractivity contribution in [2.75, 3.05) is 5.32 Å². The molecular formula is C20H22N2O2. The zero-order valence-corrected chi connectivity index (χ0v) is 13.8. The zero-order valence-electron chi connectivity index (χ0n) is 13.8. The Bertz CT molecular complexity index is 751. The second-order valence-electron chi connectivity index (χ2n) is 6.34. The lowest BCUT2D eigenvalue weighted by atomic mass is 10.1. The number of carbonyl (C=O) groups excluding carboxylic acids is 2. The van der Waals surface area contributed by atoms with Crippen molar-refractivity contribution in [1.29, 1.82) is 0 Å². The van der Waals surface area contributed by atoms with Crippen molar-refractivity contribution in [3.63, 3.8) is 0 Å². The first-order chi connectivity index (χ1) is 11.6. The average molecular weight is 322 g/mol. The highest BCUT2D eigenvalue weighted by Crippen LogP contribution is 2.30. The maximum Gasteiger partial charge on any atom is 0.227 e. The van der Waals surface area contributed by atoms with Crippen LogP contribution in [0.2, 0.25) is 0 Å². The highest BCUT2D eigenvalue weighted by molar-refractivity contribution is 5.94. The lowest BCUT2D eigenvalue weighted by Crippen LogP contribution is -2.25. The van der Waals surface area contributed by atoms with Gasteiger partial charge in [0.2, 0.25) is 11.8 Å². The first-order valence-electron chi connectivity index (χ1n) is 8.33. The maximum atomic E-state index is 12.1. The van der Waals surface area contributed by atoms with Crippen LogP contribution in [0.1, 0.15) is 29.5 Å². The predicted molar refractivity (Wildman–Crippen MR) is 94.5 cm³/mol. The Morgan fingerprint density at radius 3 is 2.62 bits per heavy atom. The van der Waals surface area contributed by atoms with E-state index in [2.05, 4.69) is 10.6 Å². The van der Waals surface area contributed by atoms with Crippen LogP contribution in [0.3, 0.4) is 0 Å². The van der Waals surface area contributed by atoms with Crippen LogP contribution in [0.5, 0.6) is 0 Å². The van der Waals surface area contributed by atoms with E-state index in [0.29, 0.717) is 13.0 Å². The molecule has 2 aromatic rings. The van der Waals surface area contributed by atoms with Gasteiger partial charge in [-0.05, 0) is 48.6 Å². The molecule has 1 saturated carbocycles. The number of benzene rings is 2. The van der Waals surface area contributed by atoms with Crippen LogP contribution >= 0.6 is 0 Å². The SMILES string of the molecule is Cc1ccccc1CC(=O)NCc1cccc(NC(=O)C2CC2)c1. The molecule has 3 rings (SSSR count). The topological polar surface area (TPSA) is 58.2 Å². The summed E-state index contributed by atoms with van der Waals surface area (Å²) in [6.07, 6.45) is 2.35. The highest BCUT2D eigenvalue weighted by atomic mass is 16.2. The number of aryl methyl sites for hydroxylation is 1. The van der Waals surface area contributed by atoms with Gasteiger partial charge in [-0.15, -0.1) is 0 Å². The summed E-state index contributed by atoms with van der Waals surface area (Å²) in [5, 5.41) is 5.87. The lowest BCUT2D eigenvalue weighted by Gasteiger charge is -2.09. The fourth-order valence-corrected chi connectivity index (χ4v) is 2.59. The molecule has 4 heteroatoms. The first kappa shape index (κ1) is 16.2. The number of carbonyl (C=O) groups is 2. The molecule has 0 bridgehead atoms. The standard InChI is InChI=1S/C20H22N2O2/c1-14-5-2-3-7-17(14)12-19(23)21-13-15-6-4-8-18(11-15)22-20(24)16-9-10-16/h2-8,11,16H,9-10,12-13H2,1H3,(H,21,23)(H,22,24). The average Bonchev–Trinajstić information content (AvgIpc) is 3.40. The minimum Gasteiger partial charge on any atom is -0.352 e. The van der Waals surface area contributed by atoms with Crippen LogP contribution in [0, 0.1) is 12.8 Å². The van der Waals surface area contributed by atoms with E-state index in [1.165, 1.54) is 0 Å². The summed E-state index contributed by atoms with van der Waals surface area (Å²) >= 11 is 0. The number of amides is 2. The molecule has 4 nitrogen and oxygen atoms in total. The molecule has 0 aromatic heterocycles.